The van der Waals surface area contributed by atoms with Crippen LogP contribution in [0.3, 0.4) is 0 Å². The van der Waals surface area contributed by atoms with Gasteiger partial charge in [0, 0.05) is 11.8 Å². The highest BCUT2D eigenvalue weighted by Crippen LogP contribution is 2.29. The predicted molar refractivity (Wildman–Crippen MR) is 64.2 cm³/mol. The Labute approximate surface area is 95.7 Å². The smallest absolute Gasteiger partial charge is 0.0854 e. The molecule has 0 saturated carbocycles. The lowest BCUT2D eigenvalue weighted by molar-refractivity contribution is 0.104. The van der Waals surface area contributed by atoms with E-state index in [-0.39, 0.29) is 0 Å². The van der Waals surface area contributed by atoms with Crippen LogP contribution in [0.5, 0.6) is 0 Å². The van der Waals surface area contributed by atoms with Crippen LogP contribution in [0.1, 0.15) is 38.4 Å². The maximum atomic E-state index is 10.3. The van der Waals surface area contributed by atoms with Crippen LogP contribution in [0.25, 0.3) is 5.52 Å². The second-order valence-corrected chi connectivity index (χ2v) is 4.15. The van der Waals surface area contributed by atoms with Gasteiger partial charge >= 0.3 is 0 Å². The lowest BCUT2D eigenvalue weighted by Crippen LogP contribution is -2.10. The molecule has 0 bridgehead atoms. The molecule has 0 aliphatic rings. The van der Waals surface area contributed by atoms with Crippen LogP contribution in [-0.2, 0) is 0 Å². The van der Waals surface area contributed by atoms with Crippen LogP contribution in [0, 0.1) is 5.92 Å². The minimum Gasteiger partial charge on any atom is -0.388 e. The molecule has 2 aromatic rings. The summed E-state index contributed by atoms with van der Waals surface area (Å²) in [6, 6.07) is 5.90. The number of nitrogens with zero attached hydrogens (tertiary/aromatic N) is 2. The molecule has 86 valence electrons. The third kappa shape index (κ3) is 1.83. The standard InChI is InChI=1S/C13H18N2O/c1-3-10(4-2)13(16)11-9-14-15-8-6-5-7-12(11)15/h5-10,13,16H,3-4H2,1-2H3. The van der Waals surface area contributed by atoms with Crippen molar-refractivity contribution in [3.05, 3.63) is 36.2 Å². The summed E-state index contributed by atoms with van der Waals surface area (Å²) in [5, 5.41) is 14.6. The lowest BCUT2D eigenvalue weighted by Gasteiger charge is -2.19. The summed E-state index contributed by atoms with van der Waals surface area (Å²) in [6.07, 6.45) is 5.25. The van der Waals surface area contributed by atoms with E-state index < -0.39 is 6.10 Å². The van der Waals surface area contributed by atoms with Gasteiger partial charge in [0.1, 0.15) is 0 Å². The fraction of sp³-hybridized carbons (Fsp3) is 0.462. The van der Waals surface area contributed by atoms with Gasteiger partial charge in [-0.3, -0.25) is 0 Å². The van der Waals surface area contributed by atoms with Crippen molar-refractivity contribution in [1.29, 1.82) is 0 Å². The number of hydrogen-bond donors (Lipinski definition) is 1. The Bertz CT molecular complexity index is 460. The summed E-state index contributed by atoms with van der Waals surface area (Å²) >= 11 is 0. The second-order valence-electron chi connectivity index (χ2n) is 4.15. The quantitative estimate of drug-likeness (QED) is 0.856. The van der Waals surface area contributed by atoms with Gasteiger partial charge in [-0.15, -0.1) is 0 Å². The summed E-state index contributed by atoms with van der Waals surface area (Å²) in [6.45, 7) is 4.23. The molecular weight excluding hydrogens is 200 g/mol. The number of rotatable bonds is 4. The molecule has 0 amide bonds. The van der Waals surface area contributed by atoms with Crippen molar-refractivity contribution in [2.45, 2.75) is 32.8 Å². The SMILES string of the molecule is CCC(CC)C(O)c1cnn2ccccc12. The van der Waals surface area contributed by atoms with Crippen LogP contribution < -0.4 is 0 Å². The number of pyridine rings is 1. The Kier molecular flexibility index (Phi) is 3.25. The van der Waals surface area contributed by atoms with Gasteiger partial charge in [0.2, 0.25) is 0 Å². The van der Waals surface area contributed by atoms with E-state index in [0.29, 0.717) is 5.92 Å². The lowest BCUT2D eigenvalue weighted by atomic mass is 9.92. The first-order valence-electron chi connectivity index (χ1n) is 5.88. The highest BCUT2D eigenvalue weighted by molar-refractivity contribution is 5.54. The molecule has 2 aromatic heterocycles. The van der Waals surface area contributed by atoms with Crippen LogP contribution in [0.2, 0.25) is 0 Å². The normalized spacial score (nSPS) is 13.5. The monoisotopic (exact) mass is 218 g/mol. The van der Waals surface area contributed by atoms with E-state index in [2.05, 4.69) is 18.9 Å². The molecule has 1 unspecified atom stereocenters. The van der Waals surface area contributed by atoms with E-state index in [9.17, 15) is 5.11 Å². The third-order valence-electron chi connectivity index (χ3n) is 3.27. The summed E-state index contributed by atoms with van der Waals surface area (Å²) < 4.78 is 1.81. The Morgan fingerprint density at radius 2 is 2.06 bits per heavy atom. The first-order chi connectivity index (χ1) is 7.77. The average Bonchev–Trinajstić information content (AvgIpc) is 2.74. The highest BCUT2D eigenvalue weighted by Gasteiger charge is 2.20. The highest BCUT2D eigenvalue weighted by atomic mass is 16.3. The summed E-state index contributed by atoms with van der Waals surface area (Å²) in [5.74, 6) is 0.313. The molecule has 0 fully saturated rings. The number of fused-ring (bicyclic) bond motifs is 1. The van der Waals surface area contributed by atoms with E-state index in [1.165, 1.54) is 0 Å². The molecule has 0 aromatic carbocycles. The summed E-state index contributed by atoms with van der Waals surface area (Å²) in [7, 11) is 0. The molecule has 0 radical (unpaired) electrons. The van der Waals surface area contributed by atoms with E-state index >= 15 is 0 Å². The fourth-order valence-corrected chi connectivity index (χ4v) is 2.17. The molecule has 2 heterocycles. The zero-order valence-electron chi connectivity index (χ0n) is 9.80. The first-order valence-corrected chi connectivity index (χ1v) is 5.88. The molecule has 0 saturated heterocycles. The number of aromatic nitrogens is 2. The van der Waals surface area contributed by atoms with Crippen LogP contribution in [0.4, 0.5) is 0 Å². The third-order valence-corrected chi connectivity index (χ3v) is 3.27. The Morgan fingerprint density at radius 1 is 1.31 bits per heavy atom. The molecule has 0 spiro atoms. The van der Waals surface area contributed by atoms with Gasteiger partial charge < -0.3 is 5.11 Å². The number of hydrogen-bond acceptors (Lipinski definition) is 2. The van der Waals surface area contributed by atoms with Crippen molar-refractivity contribution in [1.82, 2.24) is 9.61 Å². The van der Waals surface area contributed by atoms with Gasteiger partial charge in [-0.25, -0.2) is 4.52 Å². The Hall–Kier alpha value is -1.35. The van der Waals surface area contributed by atoms with Crippen molar-refractivity contribution < 1.29 is 5.11 Å². The van der Waals surface area contributed by atoms with Gasteiger partial charge in [-0.2, -0.15) is 5.10 Å². The minimum absolute atomic E-state index is 0.313. The van der Waals surface area contributed by atoms with Gasteiger partial charge in [-0.1, -0.05) is 32.8 Å². The van der Waals surface area contributed by atoms with Gasteiger partial charge in [0.15, 0.2) is 0 Å². The molecule has 0 aliphatic heterocycles. The molecular formula is C13H18N2O. The zero-order chi connectivity index (χ0) is 11.5. The largest absolute Gasteiger partial charge is 0.388 e. The van der Waals surface area contributed by atoms with Crippen LogP contribution in [-0.4, -0.2) is 14.7 Å². The van der Waals surface area contributed by atoms with Gasteiger partial charge in [-0.05, 0) is 18.1 Å². The second kappa shape index (κ2) is 4.66. The van der Waals surface area contributed by atoms with E-state index in [1.54, 1.807) is 10.7 Å². The fourth-order valence-electron chi connectivity index (χ4n) is 2.17. The van der Waals surface area contributed by atoms with Crippen LogP contribution >= 0.6 is 0 Å². The Morgan fingerprint density at radius 3 is 2.75 bits per heavy atom. The number of aliphatic hydroxyl groups is 1. The molecule has 0 aliphatic carbocycles. The van der Waals surface area contributed by atoms with Gasteiger partial charge in [0.05, 0.1) is 17.8 Å². The molecule has 2 rings (SSSR count). The summed E-state index contributed by atoms with van der Waals surface area (Å²) in [5.41, 5.74) is 1.94. The van der Waals surface area contributed by atoms with E-state index in [0.717, 1.165) is 23.9 Å². The average molecular weight is 218 g/mol. The predicted octanol–water partition coefficient (Wildman–Crippen LogP) is 2.80. The summed E-state index contributed by atoms with van der Waals surface area (Å²) in [4.78, 5) is 0. The Balaban J connectivity index is 2.39. The van der Waals surface area contributed by atoms with Crippen molar-refractivity contribution in [3.8, 4) is 0 Å². The van der Waals surface area contributed by atoms with Crippen molar-refractivity contribution >= 4 is 5.52 Å². The molecule has 1 atom stereocenters. The zero-order valence-corrected chi connectivity index (χ0v) is 9.80. The maximum Gasteiger partial charge on any atom is 0.0854 e. The molecule has 3 heteroatoms. The van der Waals surface area contributed by atoms with Crippen molar-refractivity contribution in [3.63, 3.8) is 0 Å². The van der Waals surface area contributed by atoms with Crippen molar-refractivity contribution in [2.24, 2.45) is 5.92 Å². The van der Waals surface area contributed by atoms with Gasteiger partial charge in [0.25, 0.3) is 0 Å². The van der Waals surface area contributed by atoms with E-state index in [1.807, 2.05) is 24.4 Å². The number of aliphatic hydroxyl groups excluding tert-OH is 1. The molecule has 1 N–H and O–H groups in total. The minimum atomic E-state index is -0.408. The topological polar surface area (TPSA) is 37.5 Å². The van der Waals surface area contributed by atoms with Crippen LogP contribution in [0.15, 0.2) is 30.6 Å². The van der Waals surface area contributed by atoms with Crippen molar-refractivity contribution in [2.75, 3.05) is 0 Å². The van der Waals surface area contributed by atoms with E-state index in [4.69, 9.17) is 0 Å². The maximum absolute atomic E-state index is 10.3. The molecule has 16 heavy (non-hydrogen) atoms. The molecule has 3 nitrogen and oxygen atoms in total. The first kappa shape index (κ1) is 11.1.